The molecule has 0 aliphatic carbocycles. The van der Waals surface area contributed by atoms with Gasteiger partial charge in [0.2, 0.25) is 0 Å². The van der Waals surface area contributed by atoms with E-state index < -0.39 is 5.41 Å². The summed E-state index contributed by atoms with van der Waals surface area (Å²) in [4.78, 5) is 10.9. The molecule has 0 N–H and O–H groups in total. The molecule has 10 rings (SSSR count). The van der Waals surface area contributed by atoms with Crippen LogP contribution in [-0.2, 0) is 37.3 Å². The Balaban J connectivity index is 0.00000462. The van der Waals surface area contributed by atoms with E-state index in [1.165, 1.54) is 21.5 Å². The van der Waals surface area contributed by atoms with Gasteiger partial charge in [-0.2, -0.15) is 0 Å². The number of aromatic nitrogens is 8. The average Bonchev–Trinajstić information content (AvgIpc) is 4.04. The summed E-state index contributed by atoms with van der Waals surface area (Å²) in [6.07, 6.45) is 6.80. The van der Waals surface area contributed by atoms with Gasteiger partial charge in [-0.1, -0.05) is 127 Å². The summed E-state index contributed by atoms with van der Waals surface area (Å²) in [5.41, 5.74) is 8.96. The Morgan fingerprint density at radius 1 is 0.417 bits per heavy atom. The molecular formula is C51H46N8Pt. The van der Waals surface area contributed by atoms with Gasteiger partial charge in [-0.15, -0.1) is 12.1 Å². The van der Waals surface area contributed by atoms with Crippen LogP contribution in [0.15, 0.2) is 133 Å². The van der Waals surface area contributed by atoms with Crippen LogP contribution < -0.4 is 0 Å². The van der Waals surface area contributed by atoms with Crippen molar-refractivity contribution in [3.8, 4) is 23.0 Å². The molecule has 4 aromatic carbocycles. The van der Waals surface area contributed by atoms with Gasteiger partial charge in [0.25, 0.3) is 0 Å². The molecule has 0 amide bonds. The zero-order valence-corrected chi connectivity index (χ0v) is 37.4. The normalized spacial score (nSPS) is 12.5. The molecule has 60 heavy (non-hydrogen) atoms. The van der Waals surface area contributed by atoms with E-state index in [9.17, 15) is 0 Å². The van der Waals surface area contributed by atoms with Gasteiger partial charge in [0.05, 0.1) is 33.7 Å². The second-order valence-electron chi connectivity index (χ2n) is 18.1. The van der Waals surface area contributed by atoms with Gasteiger partial charge >= 0.3 is 21.1 Å². The molecule has 0 spiro atoms. The van der Waals surface area contributed by atoms with E-state index in [1.807, 2.05) is 12.1 Å². The first-order valence-electron chi connectivity index (χ1n) is 20.3. The third-order valence-corrected chi connectivity index (χ3v) is 11.6. The Morgan fingerprint density at radius 3 is 1.03 bits per heavy atom. The molecule has 0 saturated carbocycles. The van der Waals surface area contributed by atoms with Gasteiger partial charge in [-0.3, -0.25) is 20.2 Å². The molecule has 0 fully saturated rings. The molecular weight excluding hydrogens is 920 g/mol. The summed E-state index contributed by atoms with van der Waals surface area (Å²) in [5, 5.41) is 14.8. The SMILES string of the molecule is CC(C)(C)c1c[c-]n(-c2cc(-n3c4ccccc4c4ccccc43)cc(C(C)(C)c3cc(-n4c5ccccc5c5ccccc54)cc(-n4[c-]cc(C(C)(C)C)n4)n3)n2)n1.[Pt+2]. The van der Waals surface area contributed by atoms with Crippen LogP contribution in [0.3, 0.4) is 0 Å². The molecule has 0 saturated heterocycles. The Bertz CT molecular complexity index is 2910. The van der Waals surface area contributed by atoms with Crippen LogP contribution in [0.2, 0.25) is 0 Å². The molecule has 9 heteroatoms. The van der Waals surface area contributed by atoms with Crippen molar-refractivity contribution in [2.75, 3.05) is 0 Å². The zero-order valence-electron chi connectivity index (χ0n) is 35.1. The van der Waals surface area contributed by atoms with Crippen LogP contribution in [0.25, 0.3) is 66.6 Å². The fourth-order valence-electron chi connectivity index (χ4n) is 8.20. The van der Waals surface area contributed by atoms with E-state index in [1.54, 1.807) is 9.36 Å². The molecule has 0 radical (unpaired) electrons. The van der Waals surface area contributed by atoms with E-state index in [-0.39, 0.29) is 31.9 Å². The summed E-state index contributed by atoms with van der Waals surface area (Å²) in [6.45, 7) is 17.4. The average molecular weight is 966 g/mol. The first-order valence-corrected chi connectivity index (χ1v) is 20.3. The number of pyridine rings is 2. The van der Waals surface area contributed by atoms with E-state index >= 15 is 0 Å². The summed E-state index contributed by atoms with van der Waals surface area (Å²) in [7, 11) is 0. The predicted molar refractivity (Wildman–Crippen MR) is 239 cm³/mol. The van der Waals surface area contributed by atoms with E-state index in [2.05, 4.69) is 198 Å². The third kappa shape index (κ3) is 6.49. The first kappa shape index (κ1) is 39.4. The van der Waals surface area contributed by atoms with Crippen molar-refractivity contribution in [3.05, 3.63) is 169 Å². The van der Waals surface area contributed by atoms with Crippen molar-refractivity contribution in [3.63, 3.8) is 0 Å². The largest absolute Gasteiger partial charge is 2.00 e. The van der Waals surface area contributed by atoms with Gasteiger partial charge in [0.1, 0.15) is 0 Å². The fraction of sp³-hybridized carbons (Fsp3) is 0.216. The van der Waals surface area contributed by atoms with Crippen LogP contribution in [0, 0.1) is 12.4 Å². The number of rotatable bonds is 6. The van der Waals surface area contributed by atoms with E-state index in [0.29, 0.717) is 11.6 Å². The van der Waals surface area contributed by atoms with Gasteiger partial charge in [-0.25, -0.2) is 0 Å². The number of nitrogens with zero attached hydrogens (tertiary/aromatic N) is 8. The number of benzene rings is 4. The molecule has 10 aromatic rings. The van der Waals surface area contributed by atoms with Gasteiger partial charge < -0.3 is 18.5 Å². The molecule has 0 unspecified atom stereocenters. The molecule has 0 bridgehead atoms. The molecule has 300 valence electrons. The fourth-order valence-corrected chi connectivity index (χ4v) is 8.20. The van der Waals surface area contributed by atoms with Gasteiger partial charge in [0, 0.05) is 49.7 Å². The maximum absolute atomic E-state index is 5.43. The van der Waals surface area contributed by atoms with Crippen molar-refractivity contribution in [2.24, 2.45) is 0 Å². The maximum atomic E-state index is 5.43. The topological polar surface area (TPSA) is 71.3 Å². The Labute approximate surface area is 364 Å². The Morgan fingerprint density at radius 2 is 0.733 bits per heavy atom. The number of hydrogen-bond acceptors (Lipinski definition) is 4. The van der Waals surface area contributed by atoms with Crippen molar-refractivity contribution < 1.29 is 21.1 Å². The minimum absolute atomic E-state index is 0. The van der Waals surface area contributed by atoms with E-state index in [0.717, 1.165) is 56.2 Å². The van der Waals surface area contributed by atoms with Crippen LogP contribution in [0.1, 0.15) is 78.2 Å². The summed E-state index contributed by atoms with van der Waals surface area (Å²) in [5.74, 6) is 1.36. The van der Waals surface area contributed by atoms with Gasteiger partial charge in [-0.05, 0) is 84.6 Å². The molecule has 0 aliphatic heterocycles. The summed E-state index contributed by atoms with van der Waals surface area (Å²) >= 11 is 0. The Hall–Kier alpha value is -6.11. The van der Waals surface area contributed by atoms with Crippen LogP contribution in [0.4, 0.5) is 0 Å². The van der Waals surface area contributed by atoms with Crippen LogP contribution in [0.5, 0.6) is 0 Å². The second-order valence-corrected chi connectivity index (χ2v) is 18.1. The molecule has 6 heterocycles. The Kier molecular flexibility index (Phi) is 9.36. The monoisotopic (exact) mass is 965 g/mol. The molecule has 0 aliphatic rings. The molecule has 0 atom stereocenters. The van der Waals surface area contributed by atoms with Gasteiger partial charge in [0.15, 0.2) is 0 Å². The predicted octanol–water partition coefficient (Wildman–Crippen LogP) is 11.6. The number of hydrogen-bond donors (Lipinski definition) is 0. The number of fused-ring (bicyclic) bond motifs is 6. The van der Waals surface area contributed by atoms with Crippen molar-refractivity contribution >= 4 is 43.6 Å². The third-order valence-electron chi connectivity index (χ3n) is 11.6. The maximum Gasteiger partial charge on any atom is 2.00 e. The van der Waals surface area contributed by atoms with Crippen molar-refractivity contribution in [1.82, 2.24) is 38.7 Å². The molecule has 8 nitrogen and oxygen atoms in total. The second kappa shape index (κ2) is 14.3. The molecule has 6 aromatic heterocycles. The zero-order chi connectivity index (χ0) is 40.8. The number of para-hydroxylation sites is 4. The first-order chi connectivity index (χ1) is 28.3. The standard InChI is InChI=1S/C51H46N8.Pt/c1-49(2,3)43-25-27-56(54-43)47-31-33(58-39-21-13-9-17-35(39)36-18-10-14-22-40(36)58)29-45(52-47)51(7,8)46-30-34(32-48(53-46)57-28-26-44(55-57)50(4,5)6)59-41-23-15-11-19-37(41)38-20-12-16-24-42(38)59;/h9-26,29-32H,1-8H3;/q-2;+2. The quantitative estimate of drug-likeness (QED) is 0.156. The van der Waals surface area contributed by atoms with Crippen molar-refractivity contribution in [2.45, 2.75) is 71.6 Å². The minimum Gasteiger partial charge on any atom is -0.343 e. The summed E-state index contributed by atoms with van der Waals surface area (Å²) in [6, 6.07) is 47.0. The minimum atomic E-state index is -0.715. The van der Waals surface area contributed by atoms with E-state index in [4.69, 9.17) is 20.2 Å². The van der Waals surface area contributed by atoms with Crippen LogP contribution >= 0.6 is 0 Å². The van der Waals surface area contributed by atoms with Crippen LogP contribution in [-0.4, -0.2) is 38.7 Å². The summed E-state index contributed by atoms with van der Waals surface area (Å²) < 4.78 is 8.25. The van der Waals surface area contributed by atoms with Crippen molar-refractivity contribution in [1.29, 1.82) is 0 Å². The smallest absolute Gasteiger partial charge is 0.343 e.